The number of hydrogen-bond acceptors (Lipinski definition) is 5. The highest BCUT2D eigenvalue weighted by atomic mass is 16.5. The average molecular weight is 397 g/mol. The smallest absolute Gasteiger partial charge is 0.122 e. The normalized spacial score (nSPS) is 18.2. The zero-order chi connectivity index (χ0) is 20.5. The molecule has 0 spiro atoms. The largest absolute Gasteiger partial charge is 0.497 e. The predicted octanol–water partition coefficient (Wildman–Crippen LogP) is 3.29. The van der Waals surface area contributed by atoms with E-state index in [9.17, 15) is 5.11 Å². The summed E-state index contributed by atoms with van der Waals surface area (Å²) in [4.78, 5) is 4.92. The maximum atomic E-state index is 9.58. The van der Waals surface area contributed by atoms with Crippen LogP contribution in [0.4, 0.5) is 0 Å². The van der Waals surface area contributed by atoms with Crippen LogP contribution in [-0.4, -0.2) is 68.0 Å². The molecule has 0 aromatic heterocycles. The van der Waals surface area contributed by atoms with Gasteiger partial charge in [0.05, 0.1) is 14.2 Å². The summed E-state index contributed by atoms with van der Waals surface area (Å²) in [5.74, 6) is 1.62. The summed E-state index contributed by atoms with van der Waals surface area (Å²) in [6.07, 6.45) is 5.18. The number of aliphatic hydroxyl groups is 1. The minimum absolute atomic E-state index is 0.205. The Kier molecular flexibility index (Phi) is 8.11. The van der Waals surface area contributed by atoms with Crippen LogP contribution in [0.3, 0.4) is 0 Å². The second-order valence-electron chi connectivity index (χ2n) is 7.43. The lowest BCUT2D eigenvalue weighted by Gasteiger charge is -2.41. The van der Waals surface area contributed by atoms with Crippen molar-refractivity contribution < 1.29 is 14.6 Å². The molecular formula is C24H32N2O3. The van der Waals surface area contributed by atoms with E-state index >= 15 is 0 Å². The molecular weight excluding hydrogens is 364 g/mol. The molecule has 0 bridgehead atoms. The van der Waals surface area contributed by atoms with E-state index in [0.29, 0.717) is 6.04 Å². The van der Waals surface area contributed by atoms with Crippen LogP contribution in [0.15, 0.2) is 54.6 Å². The maximum absolute atomic E-state index is 9.58. The van der Waals surface area contributed by atoms with Gasteiger partial charge in [-0.1, -0.05) is 42.5 Å². The van der Waals surface area contributed by atoms with Crippen molar-refractivity contribution in [3.8, 4) is 11.5 Å². The summed E-state index contributed by atoms with van der Waals surface area (Å²) in [5.41, 5.74) is 2.39. The molecule has 1 aliphatic heterocycles. The van der Waals surface area contributed by atoms with Crippen LogP contribution >= 0.6 is 0 Å². The van der Waals surface area contributed by atoms with E-state index in [-0.39, 0.29) is 6.61 Å². The van der Waals surface area contributed by atoms with Gasteiger partial charge >= 0.3 is 0 Å². The van der Waals surface area contributed by atoms with E-state index in [2.05, 4.69) is 58.4 Å². The minimum Gasteiger partial charge on any atom is -0.497 e. The number of nitrogens with zero attached hydrogens (tertiary/aromatic N) is 2. The fourth-order valence-corrected chi connectivity index (χ4v) is 3.85. The van der Waals surface area contributed by atoms with E-state index in [0.717, 1.165) is 50.6 Å². The highest BCUT2D eigenvalue weighted by Crippen LogP contribution is 2.25. The van der Waals surface area contributed by atoms with E-state index in [1.54, 1.807) is 14.2 Å². The van der Waals surface area contributed by atoms with Gasteiger partial charge in [0.15, 0.2) is 0 Å². The number of hydrogen-bond donors (Lipinski definition) is 1. The molecule has 0 radical (unpaired) electrons. The summed E-state index contributed by atoms with van der Waals surface area (Å²) in [5, 5.41) is 9.58. The summed E-state index contributed by atoms with van der Waals surface area (Å²) < 4.78 is 10.8. The average Bonchev–Trinajstić information content (AvgIpc) is 2.76. The van der Waals surface area contributed by atoms with Gasteiger partial charge in [-0.25, -0.2) is 0 Å². The summed E-state index contributed by atoms with van der Waals surface area (Å²) in [6.45, 7) is 4.91. The van der Waals surface area contributed by atoms with Crippen LogP contribution in [0.25, 0.3) is 6.08 Å². The second kappa shape index (κ2) is 11.0. The molecule has 156 valence electrons. The molecule has 2 aromatic carbocycles. The summed E-state index contributed by atoms with van der Waals surface area (Å²) >= 11 is 0. The summed E-state index contributed by atoms with van der Waals surface area (Å²) in [6, 6.07) is 16.7. The second-order valence-corrected chi connectivity index (χ2v) is 7.43. The number of benzene rings is 2. The quantitative estimate of drug-likeness (QED) is 0.705. The first-order valence-electron chi connectivity index (χ1n) is 10.2. The number of piperazine rings is 1. The molecule has 1 N–H and O–H groups in total. The van der Waals surface area contributed by atoms with Crippen molar-refractivity contribution in [2.24, 2.45) is 0 Å². The van der Waals surface area contributed by atoms with Crippen LogP contribution in [0.2, 0.25) is 0 Å². The molecule has 5 heteroatoms. The highest BCUT2D eigenvalue weighted by Gasteiger charge is 2.26. The molecule has 2 aromatic rings. The lowest BCUT2D eigenvalue weighted by atomic mass is 10.1. The van der Waals surface area contributed by atoms with E-state index in [1.807, 2.05) is 12.1 Å². The van der Waals surface area contributed by atoms with Gasteiger partial charge in [0.1, 0.15) is 11.5 Å². The third kappa shape index (κ3) is 6.32. The molecule has 3 rings (SSSR count). The number of aliphatic hydroxyl groups excluding tert-OH is 1. The van der Waals surface area contributed by atoms with Gasteiger partial charge in [0.2, 0.25) is 0 Å². The Morgan fingerprint density at radius 3 is 2.41 bits per heavy atom. The number of rotatable bonds is 9. The van der Waals surface area contributed by atoms with Crippen molar-refractivity contribution in [2.75, 3.05) is 47.0 Å². The third-order valence-corrected chi connectivity index (χ3v) is 5.42. The Morgan fingerprint density at radius 2 is 1.76 bits per heavy atom. The van der Waals surface area contributed by atoms with Gasteiger partial charge in [0.25, 0.3) is 0 Å². The maximum Gasteiger partial charge on any atom is 0.122 e. The van der Waals surface area contributed by atoms with Crippen LogP contribution < -0.4 is 9.47 Å². The SMILES string of the molecule is COc1cc(CN2CCN(C/C=C/c3ccccc3)C[C@@H]2CCO)cc(OC)c1. The lowest BCUT2D eigenvalue weighted by Crippen LogP contribution is -2.52. The van der Waals surface area contributed by atoms with Gasteiger partial charge in [0, 0.05) is 51.4 Å². The minimum atomic E-state index is 0.205. The Balaban J connectivity index is 1.61. The van der Waals surface area contributed by atoms with Crippen molar-refractivity contribution in [1.29, 1.82) is 0 Å². The Hall–Kier alpha value is -2.34. The summed E-state index contributed by atoms with van der Waals surface area (Å²) in [7, 11) is 3.35. The van der Waals surface area contributed by atoms with E-state index in [1.165, 1.54) is 11.1 Å². The topological polar surface area (TPSA) is 45.2 Å². The Morgan fingerprint density at radius 1 is 1.03 bits per heavy atom. The lowest BCUT2D eigenvalue weighted by molar-refractivity contribution is 0.0596. The van der Waals surface area contributed by atoms with Gasteiger partial charge in [-0.15, -0.1) is 0 Å². The molecule has 0 unspecified atom stereocenters. The molecule has 0 amide bonds. The Labute approximate surface area is 174 Å². The zero-order valence-electron chi connectivity index (χ0n) is 17.5. The van der Waals surface area contributed by atoms with Crippen LogP contribution in [0.1, 0.15) is 17.5 Å². The zero-order valence-corrected chi connectivity index (χ0v) is 17.5. The van der Waals surface area contributed by atoms with Crippen molar-refractivity contribution >= 4 is 6.08 Å². The number of methoxy groups -OCH3 is 2. The molecule has 1 saturated heterocycles. The third-order valence-electron chi connectivity index (χ3n) is 5.42. The predicted molar refractivity (Wildman–Crippen MR) is 117 cm³/mol. The van der Waals surface area contributed by atoms with Crippen LogP contribution in [-0.2, 0) is 6.54 Å². The molecule has 29 heavy (non-hydrogen) atoms. The molecule has 1 aliphatic rings. The van der Waals surface area contributed by atoms with Crippen molar-refractivity contribution in [3.63, 3.8) is 0 Å². The molecule has 0 aliphatic carbocycles. The fraction of sp³-hybridized carbons (Fsp3) is 0.417. The fourth-order valence-electron chi connectivity index (χ4n) is 3.85. The van der Waals surface area contributed by atoms with Gasteiger partial charge in [-0.3, -0.25) is 9.80 Å². The highest BCUT2D eigenvalue weighted by molar-refractivity contribution is 5.48. The molecule has 5 nitrogen and oxygen atoms in total. The van der Waals surface area contributed by atoms with Crippen LogP contribution in [0.5, 0.6) is 11.5 Å². The van der Waals surface area contributed by atoms with E-state index in [4.69, 9.17) is 9.47 Å². The van der Waals surface area contributed by atoms with Crippen molar-refractivity contribution in [1.82, 2.24) is 9.80 Å². The molecule has 1 atom stereocenters. The standard InChI is InChI=1S/C24H32N2O3/c1-28-23-15-21(16-24(17-23)29-2)18-26-13-12-25(19-22(26)10-14-27)11-6-9-20-7-4-3-5-8-20/h3-9,15-17,22,27H,10-14,18-19H2,1-2H3/b9-6+/t22-/m0/s1. The van der Waals surface area contributed by atoms with Crippen molar-refractivity contribution in [3.05, 3.63) is 65.7 Å². The van der Waals surface area contributed by atoms with Gasteiger partial charge in [-0.2, -0.15) is 0 Å². The molecule has 1 fully saturated rings. The van der Waals surface area contributed by atoms with Gasteiger partial charge in [-0.05, 0) is 29.7 Å². The monoisotopic (exact) mass is 396 g/mol. The number of ether oxygens (including phenoxy) is 2. The molecule has 0 saturated carbocycles. The van der Waals surface area contributed by atoms with Crippen molar-refractivity contribution in [2.45, 2.75) is 19.0 Å². The first-order valence-corrected chi connectivity index (χ1v) is 10.2. The van der Waals surface area contributed by atoms with Gasteiger partial charge < -0.3 is 14.6 Å². The first-order chi connectivity index (χ1) is 14.2. The van der Waals surface area contributed by atoms with E-state index < -0.39 is 0 Å². The van der Waals surface area contributed by atoms with Crippen LogP contribution in [0, 0.1) is 0 Å². The molecule has 1 heterocycles. The Bertz CT molecular complexity index is 757. The first kappa shape index (κ1) is 21.4.